The van der Waals surface area contributed by atoms with Crippen LogP contribution in [0, 0.1) is 0 Å². The van der Waals surface area contributed by atoms with Crippen LogP contribution in [-0.2, 0) is 6.42 Å². The lowest BCUT2D eigenvalue weighted by molar-refractivity contribution is 1.06. The summed E-state index contributed by atoms with van der Waals surface area (Å²) in [6.07, 6.45) is 12.6. The van der Waals surface area contributed by atoms with Gasteiger partial charge in [-0.3, -0.25) is 0 Å². The predicted octanol–water partition coefficient (Wildman–Crippen LogP) is 9.62. The lowest BCUT2D eigenvalue weighted by Gasteiger charge is -2.26. The minimum atomic E-state index is 0.271. The molecule has 0 heterocycles. The van der Waals surface area contributed by atoms with Crippen molar-refractivity contribution < 1.29 is 0 Å². The first-order valence-electron chi connectivity index (χ1n) is 13.0. The lowest BCUT2D eigenvalue weighted by atomic mass is 9.78. The lowest BCUT2D eigenvalue weighted by Crippen LogP contribution is -2.09. The fourth-order valence-corrected chi connectivity index (χ4v) is 5.73. The number of hydrogen-bond acceptors (Lipinski definition) is 1. The quantitative estimate of drug-likeness (QED) is 0.246. The van der Waals surface area contributed by atoms with Gasteiger partial charge in [-0.1, -0.05) is 109 Å². The zero-order chi connectivity index (χ0) is 24.6. The van der Waals surface area contributed by atoms with E-state index in [1.807, 2.05) is 0 Å². The first kappa shape index (κ1) is 21.6. The first-order valence-corrected chi connectivity index (χ1v) is 13.0. The van der Waals surface area contributed by atoms with Gasteiger partial charge in [0.1, 0.15) is 0 Å². The van der Waals surface area contributed by atoms with Crippen LogP contribution >= 0.6 is 0 Å². The van der Waals surface area contributed by atoms with Crippen molar-refractivity contribution in [3.63, 3.8) is 0 Å². The Morgan fingerprint density at radius 1 is 0.649 bits per heavy atom. The van der Waals surface area contributed by atoms with Crippen molar-refractivity contribution >= 4 is 39.5 Å². The monoisotopic (exact) mass is 473 g/mol. The summed E-state index contributed by atoms with van der Waals surface area (Å²) in [4.78, 5) is 2.29. The van der Waals surface area contributed by atoms with Crippen molar-refractivity contribution in [1.29, 1.82) is 0 Å². The molecule has 0 aliphatic heterocycles. The number of para-hydroxylation sites is 2. The molecule has 5 aromatic carbocycles. The second kappa shape index (κ2) is 9.11. The number of anilines is 3. The molecule has 37 heavy (non-hydrogen) atoms. The second-order valence-electron chi connectivity index (χ2n) is 9.75. The summed E-state index contributed by atoms with van der Waals surface area (Å²) in [6.45, 7) is 0. The van der Waals surface area contributed by atoms with Gasteiger partial charge in [0, 0.05) is 23.0 Å². The highest BCUT2D eigenvalue weighted by molar-refractivity contribution is 6.02. The van der Waals surface area contributed by atoms with Gasteiger partial charge in [0.25, 0.3) is 0 Å². The van der Waals surface area contributed by atoms with Gasteiger partial charge in [0.05, 0.1) is 0 Å². The van der Waals surface area contributed by atoms with E-state index >= 15 is 0 Å². The Morgan fingerprint density at radius 2 is 1.35 bits per heavy atom. The molecule has 0 radical (unpaired) electrons. The topological polar surface area (TPSA) is 3.24 Å². The van der Waals surface area contributed by atoms with Crippen LogP contribution in [0.3, 0.4) is 0 Å². The van der Waals surface area contributed by atoms with E-state index < -0.39 is 0 Å². The Bertz CT molecular complexity index is 1630. The van der Waals surface area contributed by atoms with E-state index in [9.17, 15) is 0 Å². The first-order chi connectivity index (χ1) is 18.3. The molecule has 0 fully saturated rings. The summed E-state index contributed by atoms with van der Waals surface area (Å²) in [6, 6.07) is 41.2. The van der Waals surface area contributed by atoms with Crippen molar-refractivity contribution in [1.82, 2.24) is 0 Å². The molecule has 1 nitrogen and oxygen atoms in total. The molecule has 0 saturated carbocycles. The summed E-state index contributed by atoms with van der Waals surface area (Å²) >= 11 is 0. The molecule has 0 saturated heterocycles. The molecule has 1 heteroatoms. The summed E-state index contributed by atoms with van der Waals surface area (Å²) in [5.74, 6) is 0.271. The van der Waals surface area contributed by atoms with Crippen LogP contribution in [0.2, 0.25) is 0 Å². The van der Waals surface area contributed by atoms with E-state index in [-0.39, 0.29) is 5.92 Å². The number of hydrogen-bond donors (Lipinski definition) is 0. The summed E-state index contributed by atoms with van der Waals surface area (Å²) in [5, 5.41) is 2.78. The van der Waals surface area contributed by atoms with Crippen LogP contribution in [0.25, 0.3) is 22.4 Å². The number of nitrogens with zero attached hydrogens (tertiary/aromatic N) is 1. The van der Waals surface area contributed by atoms with Gasteiger partial charge in [-0.2, -0.15) is 0 Å². The highest BCUT2D eigenvalue weighted by Gasteiger charge is 2.23. The van der Waals surface area contributed by atoms with Crippen molar-refractivity contribution in [2.24, 2.45) is 0 Å². The normalized spacial score (nSPS) is 15.7. The van der Waals surface area contributed by atoms with Crippen LogP contribution in [0.1, 0.15) is 28.2 Å². The Balaban J connectivity index is 1.20. The van der Waals surface area contributed by atoms with Gasteiger partial charge < -0.3 is 4.90 Å². The van der Waals surface area contributed by atoms with Gasteiger partial charge in [0.2, 0.25) is 0 Å². The van der Waals surface area contributed by atoms with E-state index in [1.54, 1.807) is 0 Å². The molecule has 176 valence electrons. The Morgan fingerprint density at radius 3 is 2.08 bits per heavy atom. The van der Waals surface area contributed by atoms with Crippen molar-refractivity contribution in [2.45, 2.75) is 12.3 Å². The maximum atomic E-state index is 2.38. The molecule has 0 spiro atoms. The van der Waals surface area contributed by atoms with Gasteiger partial charge in [-0.05, 0) is 81.4 Å². The highest BCUT2D eigenvalue weighted by Crippen LogP contribution is 2.43. The molecule has 7 rings (SSSR count). The molecule has 5 aromatic rings. The Labute approximate surface area is 218 Å². The second-order valence-corrected chi connectivity index (χ2v) is 9.75. The maximum absolute atomic E-state index is 2.38. The molecule has 2 aliphatic rings. The van der Waals surface area contributed by atoms with E-state index in [2.05, 4.69) is 151 Å². The van der Waals surface area contributed by atoms with E-state index in [4.69, 9.17) is 0 Å². The van der Waals surface area contributed by atoms with Gasteiger partial charge in [0.15, 0.2) is 0 Å². The van der Waals surface area contributed by atoms with Gasteiger partial charge in [-0.25, -0.2) is 0 Å². The average Bonchev–Trinajstić information content (AvgIpc) is 2.97. The van der Waals surface area contributed by atoms with Gasteiger partial charge in [-0.15, -0.1) is 0 Å². The summed E-state index contributed by atoms with van der Waals surface area (Å²) in [7, 11) is 0. The Hall–Kier alpha value is -4.62. The highest BCUT2D eigenvalue weighted by atomic mass is 15.1. The molecule has 1 atom stereocenters. The molecule has 2 aliphatic carbocycles. The van der Waals surface area contributed by atoms with Crippen LogP contribution in [0.4, 0.5) is 17.1 Å². The predicted molar refractivity (Wildman–Crippen MR) is 158 cm³/mol. The van der Waals surface area contributed by atoms with Crippen LogP contribution < -0.4 is 4.90 Å². The minimum absolute atomic E-state index is 0.271. The molecule has 0 bridgehead atoms. The van der Waals surface area contributed by atoms with Gasteiger partial charge >= 0.3 is 0 Å². The van der Waals surface area contributed by atoms with E-state index in [0.29, 0.717) is 0 Å². The third kappa shape index (κ3) is 3.90. The number of rotatable bonds is 5. The molecule has 0 N–H and O–H groups in total. The van der Waals surface area contributed by atoms with Crippen molar-refractivity contribution in [3.8, 4) is 0 Å². The SMILES string of the molecule is C1=CC(C=Cc2ccc(N(c3ccccc3)c3ccccc3)cc2)c2ccc3cccc4c3c2C1=CC4. The molecule has 1 unspecified atom stereocenters. The summed E-state index contributed by atoms with van der Waals surface area (Å²) in [5.41, 5.74) is 10.3. The molecular weight excluding hydrogens is 446 g/mol. The standard InChI is InChI=1S/C36H27N/c1-3-10-31(11-4-1)37(32-12-5-2-6-13-32)33-23-15-26(16-24-33)14-17-27-18-19-30-21-20-28-8-7-9-29-22-25-34(27)36(30)35(28)29/h1-19,21-25,27H,20H2. The molecule has 0 aromatic heterocycles. The summed E-state index contributed by atoms with van der Waals surface area (Å²) < 4.78 is 0. The Kier molecular flexibility index (Phi) is 5.33. The van der Waals surface area contributed by atoms with E-state index in [1.165, 1.54) is 38.6 Å². The number of benzene rings is 5. The number of allylic oxidation sites excluding steroid dienone is 5. The van der Waals surface area contributed by atoms with E-state index in [0.717, 1.165) is 23.5 Å². The zero-order valence-corrected chi connectivity index (χ0v) is 20.6. The largest absolute Gasteiger partial charge is 0.311 e. The third-order valence-electron chi connectivity index (χ3n) is 7.51. The molecule has 0 amide bonds. The fraction of sp³-hybridized carbons (Fsp3) is 0.0556. The maximum Gasteiger partial charge on any atom is 0.0462 e. The van der Waals surface area contributed by atoms with Crippen LogP contribution in [0.5, 0.6) is 0 Å². The zero-order valence-electron chi connectivity index (χ0n) is 20.6. The van der Waals surface area contributed by atoms with Crippen molar-refractivity contribution in [2.75, 3.05) is 4.90 Å². The van der Waals surface area contributed by atoms with Crippen LogP contribution in [-0.4, -0.2) is 0 Å². The minimum Gasteiger partial charge on any atom is -0.311 e. The fourth-order valence-electron chi connectivity index (χ4n) is 5.73. The van der Waals surface area contributed by atoms with Crippen molar-refractivity contribution in [3.05, 3.63) is 162 Å². The average molecular weight is 474 g/mol. The third-order valence-corrected chi connectivity index (χ3v) is 7.51. The van der Waals surface area contributed by atoms with Crippen LogP contribution in [0.15, 0.2) is 140 Å². The smallest absolute Gasteiger partial charge is 0.0462 e. The molecular formula is C36H27N.